The van der Waals surface area contributed by atoms with Crippen LogP contribution >= 0.6 is 23.7 Å². The molecule has 0 fully saturated rings. The standard InChI is InChI=1S/C5H7N3OS.ClH/c6-3-4(9)8-5-7-1-2-10-5;/h1-2H,3,6H2,(H,7,8,9);1H. The Labute approximate surface area is 74.2 Å². The quantitative estimate of drug-likeness (QED) is 0.717. The van der Waals surface area contributed by atoms with E-state index in [4.69, 9.17) is 5.73 Å². The SMILES string of the molecule is Cl.NCC(=O)Nc1nccs1. The number of halogens is 1. The normalized spacial score (nSPS) is 8.45. The Bertz CT molecular complexity index is 214. The van der Waals surface area contributed by atoms with Gasteiger partial charge in [-0.15, -0.1) is 23.7 Å². The minimum absolute atomic E-state index is 0. The number of carbonyl (C=O) groups is 1. The zero-order valence-electron chi connectivity index (χ0n) is 5.61. The van der Waals surface area contributed by atoms with E-state index in [-0.39, 0.29) is 24.9 Å². The molecule has 0 aliphatic heterocycles. The van der Waals surface area contributed by atoms with E-state index in [0.717, 1.165) is 0 Å². The summed E-state index contributed by atoms with van der Waals surface area (Å²) < 4.78 is 0. The first-order valence-electron chi connectivity index (χ1n) is 2.72. The lowest BCUT2D eigenvalue weighted by atomic mass is 10.6. The summed E-state index contributed by atoms with van der Waals surface area (Å²) in [7, 11) is 0. The Kier molecular flexibility index (Phi) is 4.76. The molecule has 62 valence electrons. The Morgan fingerprint density at radius 2 is 2.55 bits per heavy atom. The average molecular weight is 194 g/mol. The highest BCUT2D eigenvalue weighted by Gasteiger charge is 1.98. The second kappa shape index (κ2) is 5.06. The lowest BCUT2D eigenvalue weighted by Crippen LogP contribution is -2.21. The Hall–Kier alpha value is -0.650. The number of rotatable bonds is 2. The van der Waals surface area contributed by atoms with Crippen molar-refractivity contribution in [3.8, 4) is 0 Å². The predicted molar refractivity (Wildman–Crippen MR) is 47.0 cm³/mol. The van der Waals surface area contributed by atoms with Crippen molar-refractivity contribution < 1.29 is 4.79 Å². The summed E-state index contributed by atoms with van der Waals surface area (Å²) in [5.74, 6) is -0.213. The highest BCUT2D eigenvalue weighted by Crippen LogP contribution is 2.08. The van der Waals surface area contributed by atoms with Crippen molar-refractivity contribution >= 4 is 34.8 Å². The van der Waals surface area contributed by atoms with Gasteiger partial charge in [-0.25, -0.2) is 4.98 Å². The number of amides is 1. The van der Waals surface area contributed by atoms with Crippen LogP contribution in [0, 0.1) is 0 Å². The maximum atomic E-state index is 10.6. The molecule has 0 saturated heterocycles. The van der Waals surface area contributed by atoms with Crippen molar-refractivity contribution in [2.75, 3.05) is 11.9 Å². The van der Waals surface area contributed by atoms with Crippen LogP contribution in [0.5, 0.6) is 0 Å². The lowest BCUT2D eigenvalue weighted by molar-refractivity contribution is -0.114. The van der Waals surface area contributed by atoms with E-state index >= 15 is 0 Å². The molecule has 0 aliphatic rings. The highest BCUT2D eigenvalue weighted by molar-refractivity contribution is 7.13. The molecule has 11 heavy (non-hydrogen) atoms. The lowest BCUT2D eigenvalue weighted by Gasteiger charge is -1.94. The fourth-order valence-corrected chi connectivity index (χ4v) is 1.00. The number of hydrogen-bond donors (Lipinski definition) is 2. The number of aromatic nitrogens is 1. The van der Waals surface area contributed by atoms with Gasteiger partial charge < -0.3 is 11.1 Å². The van der Waals surface area contributed by atoms with Crippen LogP contribution in [0.3, 0.4) is 0 Å². The molecule has 0 bridgehead atoms. The summed E-state index contributed by atoms with van der Waals surface area (Å²) in [6.45, 7) is -0.000417. The third-order valence-corrected chi connectivity index (χ3v) is 1.55. The minimum atomic E-state index is -0.213. The molecule has 1 aromatic rings. The van der Waals surface area contributed by atoms with E-state index < -0.39 is 0 Å². The summed E-state index contributed by atoms with van der Waals surface area (Å²) in [4.78, 5) is 14.4. The van der Waals surface area contributed by atoms with Crippen molar-refractivity contribution in [1.82, 2.24) is 4.98 Å². The Balaban J connectivity index is 0.000001000. The van der Waals surface area contributed by atoms with Crippen LogP contribution < -0.4 is 11.1 Å². The summed E-state index contributed by atoms with van der Waals surface area (Å²) in [5.41, 5.74) is 5.05. The Morgan fingerprint density at radius 1 is 1.82 bits per heavy atom. The fourth-order valence-electron chi connectivity index (χ4n) is 0.455. The van der Waals surface area contributed by atoms with E-state index in [9.17, 15) is 4.79 Å². The van der Waals surface area contributed by atoms with E-state index in [1.165, 1.54) is 11.3 Å². The molecule has 0 aromatic carbocycles. The first kappa shape index (κ1) is 10.3. The molecule has 0 atom stereocenters. The number of anilines is 1. The molecule has 0 spiro atoms. The highest BCUT2D eigenvalue weighted by atomic mass is 35.5. The Morgan fingerprint density at radius 3 is 3.00 bits per heavy atom. The van der Waals surface area contributed by atoms with Crippen LogP contribution in [0.2, 0.25) is 0 Å². The number of nitrogens with two attached hydrogens (primary N) is 1. The van der Waals surface area contributed by atoms with Gasteiger partial charge in [0, 0.05) is 11.6 Å². The van der Waals surface area contributed by atoms with Crippen molar-refractivity contribution in [3.05, 3.63) is 11.6 Å². The largest absolute Gasteiger partial charge is 0.322 e. The summed E-state index contributed by atoms with van der Waals surface area (Å²) >= 11 is 1.37. The van der Waals surface area contributed by atoms with Gasteiger partial charge >= 0.3 is 0 Å². The third kappa shape index (κ3) is 3.31. The third-order valence-electron chi connectivity index (χ3n) is 0.864. The van der Waals surface area contributed by atoms with Gasteiger partial charge in [0.15, 0.2) is 5.13 Å². The summed E-state index contributed by atoms with van der Waals surface area (Å²) in [6.07, 6.45) is 1.62. The average Bonchev–Trinajstić information content (AvgIpc) is 2.40. The molecular formula is C5H8ClN3OS. The molecule has 1 heterocycles. The number of thiazole rings is 1. The van der Waals surface area contributed by atoms with Crippen LogP contribution in [-0.2, 0) is 4.79 Å². The van der Waals surface area contributed by atoms with Crippen molar-refractivity contribution in [2.45, 2.75) is 0 Å². The van der Waals surface area contributed by atoms with Gasteiger partial charge in [-0.05, 0) is 0 Å². The molecular weight excluding hydrogens is 186 g/mol. The van der Waals surface area contributed by atoms with E-state index in [2.05, 4.69) is 10.3 Å². The molecule has 0 radical (unpaired) electrons. The maximum Gasteiger partial charge on any atom is 0.239 e. The monoisotopic (exact) mass is 193 g/mol. The fraction of sp³-hybridized carbons (Fsp3) is 0.200. The van der Waals surface area contributed by atoms with E-state index in [1.807, 2.05) is 0 Å². The van der Waals surface area contributed by atoms with Gasteiger partial charge in [-0.1, -0.05) is 0 Å². The molecule has 1 amide bonds. The zero-order chi connectivity index (χ0) is 7.40. The first-order chi connectivity index (χ1) is 4.83. The van der Waals surface area contributed by atoms with Gasteiger partial charge in [0.1, 0.15) is 0 Å². The molecule has 4 nitrogen and oxygen atoms in total. The molecule has 1 rings (SSSR count). The molecule has 0 unspecified atom stereocenters. The second-order valence-corrected chi connectivity index (χ2v) is 2.48. The molecule has 0 aliphatic carbocycles. The number of carbonyl (C=O) groups excluding carboxylic acids is 1. The van der Waals surface area contributed by atoms with Crippen LogP contribution in [0.15, 0.2) is 11.6 Å². The zero-order valence-corrected chi connectivity index (χ0v) is 7.24. The minimum Gasteiger partial charge on any atom is -0.322 e. The van der Waals surface area contributed by atoms with Gasteiger partial charge in [-0.3, -0.25) is 4.79 Å². The van der Waals surface area contributed by atoms with Crippen LogP contribution in [0.1, 0.15) is 0 Å². The number of nitrogens with one attached hydrogen (secondary N) is 1. The first-order valence-corrected chi connectivity index (χ1v) is 3.60. The molecule has 3 N–H and O–H groups in total. The summed E-state index contributed by atoms with van der Waals surface area (Å²) in [5, 5.41) is 4.89. The number of hydrogen-bond acceptors (Lipinski definition) is 4. The smallest absolute Gasteiger partial charge is 0.239 e. The topological polar surface area (TPSA) is 68.0 Å². The second-order valence-electron chi connectivity index (χ2n) is 1.59. The van der Waals surface area contributed by atoms with Crippen molar-refractivity contribution in [3.63, 3.8) is 0 Å². The predicted octanol–water partition coefficient (Wildman–Crippen LogP) is 0.462. The van der Waals surface area contributed by atoms with Gasteiger partial charge in [0.25, 0.3) is 0 Å². The molecule has 0 saturated carbocycles. The van der Waals surface area contributed by atoms with Crippen LogP contribution in [0.4, 0.5) is 5.13 Å². The summed E-state index contributed by atoms with van der Waals surface area (Å²) in [6, 6.07) is 0. The maximum absolute atomic E-state index is 10.6. The number of nitrogens with zero attached hydrogens (tertiary/aromatic N) is 1. The van der Waals surface area contributed by atoms with Gasteiger partial charge in [0.2, 0.25) is 5.91 Å². The van der Waals surface area contributed by atoms with Crippen LogP contribution in [0.25, 0.3) is 0 Å². The van der Waals surface area contributed by atoms with Crippen molar-refractivity contribution in [1.29, 1.82) is 0 Å². The van der Waals surface area contributed by atoms with Gasteiger partial charge in [-0.2, -0.15) is 0 Å². The van der Waals surface area contributed by atoms with Crippen LogP contribution in [-0.4, -0.2) is 17.4 Å². The molecule has 6 heteroatoms. The van der Waals surface area contributed by atoms with E-state index in [0.29, 0.717) is 5.13 Å². The van der Waals surface area contributed by atoms with Gasteiger partial charge in [0.05, 0.1) is 6.54 Å². The van der Waals surface area contributed by atoms with Crippen molar-refractivity contribution in [2.24, 2.45) is 5.73 Å². The molecule has 1 aromatic heterocycles. The van der Waals surface area contributed by atoms with E-state index in [1.54, 1.807) is 11.6 Å².